The molecule has 0 amide bonds. The van der Waals surface area contributed by atoms with E-state index in [1.807, 2.05) is 23.0 Å². The second-order valence-corrected chi connectivity index (χ2v) is 6.39. The number of aromatic nitrogens is 2. The molecule has 1 unspecified atom stereocenters. The van der Waals surface area contributed by atoms with Crippen LogP contribution in [0, 0.1) is 0 Å². The van der Waals surface area contributed by atoms with Gasteiger partial charge in [0.2, 0.25) is 0 Å². The molecule has 3 heterocycles. The number of imidazole rings is 1. The molecule has 3 nitrogen and oxygen atoms in total. The van der Waals surface area contributed by atoms with Crippen LogP contribution in [0.2, 0.25) is 5.15 Å². The van der Waals surface area contributed by atoms with Crippen LogP contribution in [0.25, 0.3) is 0 Å². The molecular formula is C14H18ClN3S. The van der Waals surface area contributed by atoms with Crippen molar-refractivity contribution in [1.82, 2.24) is 14.5 Å². The fraction of sp³-hybridized carbons (Fsp3) is 0.500. The summed E-state index contributed by atoms with van der Waals surface area (Å²) in [5, 5.41) is 2.92. The van der Waals surface area contributed by atoms with Crippen LogP contribution in [0.5, 0.6) is 0 Å². The van der Waals surface area contributed by atoms with Gasteiger partial charge in [0, 0.05) is 24.5 Å². The van der Waals surface area contributed by atoms with Crippen LogP contribution >= 0.6 is 22.9 Å². The third-order valence-corrected chi connectivity index (χ3v) is 5.31. The van der Waals surface area contributed by atoms with Gasteiger partial charge in [0.25, 0.3) is 0 Å². The molecule has 0 N–H and O–H groups in total. The van der Waals surface area contributed by atoms with Crippen molar-refractivity contribution in [2.75, 3.05) is 6.54 Å². The van der Waals surface area contributed by atoms with E-state index in [4.69, 9.17) is 11.6 Å². The second kappa shape index (κ2) is 5.27. The standard InChI is InChI=1S/C14H18ClN3S/c1-3-11-10-5-7-19-12(10)4-6-18(11)9-14-16-8-13(15)17(14)2/h5,7-8,11H,3-4,6,9H2,1-2H3. The topological polar surface area (TPSA) is 21.1 Å². The summed E-state index contributed by atoms with van der Waals surface area (Å²) in [5.41, 5.74) is 1.51. The van der Waals surface area contributed by atoms with Crippen molar-refractivity contribution in [3.63, 3.8) is 0 Å². The van der Waals surface area contributed by atoms with Gasteiger partial charge in [-0.2, -0.15) is 0 Å². The number of rotatable bonds is 3. The third-order valence-electron chi connectivity index (χ3n) is 3.96. The summed E-state index contributed by atoms with van der Waals surface area (Å²) in [6.45, 7) is 4.24. The highest BCUT2D eigenvalue weighted by atomic mass is 35.5. The molecule has 3 rings (SSSR count). The smallest absolute Gasteiger partial charge is 0.128 e. The Hall–Kier alpha value is -0.840. The van der Waals surface area contributed by atoms with E-state index in [1.165, 1.54) is 5.56 Å². The van der Waals surface area contributed by atoms with Crippen molar-refractivity contribution >= 4 is 22.9 Å². The summed E-state index contributed by atoms with van der Waals surface area (Å²) in [7, 11) is 1.98. The monoisotopic (exact) mass is 295 g/mol. The zero-order valence-electron chi connectivity index (χ0n) is 11.3. The van der Waals surface area contributed by atoms with Gasteiger partial charge in [-0.15, -0.1) is 11.3 Å². The first-order valence-electron chi connectivity index (χ1n) is 6.67. The quantitative estimate of drug-likeness (QED) is 0.862. The summed E-state index contributed by atoms with van der Waals surface area (Å²) >= 11 is 7.96. The molecule has 0 aliphatic carbocycles. The largest absolute Gasteiger partial charge is 0.321 e. The molecule has 0 fully saturated rings. The molecule has 19 heavy (non-hydrogen) atoms. The van der Waals surface area contributed by atoms with Gasteiger partial charge in [-0.1, -0.05) is 18.5 Å². The van der Waals surface area contributed by atoms with Crippen LogP contribution in [0.4, 0.5) is 0 Å². The van der Waals surface area contributed by atoms with Crippen LogP contribution in [-0.2, 0) is 20.0 Å². The van der Waals surface area contributed by atoms with E-state index in [0.29, 0.717) is 11.2 Å². The van der Waals surface area contributed by atoms with Crippen LogP contribution < -0.4 is 0 Å². The van der Waals surface area contributed by atoms with Crippen LogP contribution in [0.1, 0.15) is 35.7 Å². The van der Waals surface area contributed by atoms with Crippen molar-refractivity contribution in [2.24, 2.45) is 7.05 Å². The maximum absolute atomic E-state index is 6.06. The molecule has 102 valence electrons. The van der Waals surface area contributed by atoms with Crippen LogP contribution in [-0.4, -0.2) is 21.0 Å². The summed E-state index contributed by atoms with van der Waals surface area (Å²) in [4.78, 5) is 8.49. The lowest BCUT2D eigenvalue weighted by atomic mass is 9.98. The van der Waals surface area contributed by atoms with Crippen LogP contribution in [0.15, 0.2) is 17.6 Å². The summed E-state index contributed by atoms with van der Waals surface area (Å²) in [5.74, 6) is 1.04. The van der Waals surface area contributed by atoms with Gasteiger partial charge in [0.05, 0.1) is 12.7 Å². The van der Waals surface area contributed by atoms with Gasteiger partial charge in [-0.05, 0) is 29.9 Å². The molecule has 1 aliphatic rings. The number of fused-ring (bicyclic) bond motifs is 1. The molecule has 1 atom stereocenters. The van der Waals surface area contributed by atoms with E-state index < -0.39 is 0 Å². The summed E-state index contributed by atoms with van der Waals surface area (Å²) < 4.78 is 1.97. The molecule has 2 aromatic heterocycles. The first kappa shape index (κ1) is 13.2. The number of hydrogen-bond donors (Lipinski definition) is 0. The van der Waals surface area contributed by atoms with E-state index in [1.54, 1.807) is 11.1 Å². The molecule has 0 bridgehead atoms. The van der Waals surface area contributed by atoms with Crippen LogP contribution in [0.3, 0.4) is 0 Å². The molecule has 0 spiro atoms. The van der Waals surface area contributed by atoms with E-state index in [0.717, 1.165) is 31.8 Å². The first-order chi connectivity index (χ1) is 9.20. The zero-order chi connectivity index (χ0) is 13.4. The Balaban J connectivity index is 1.84. The predicted molar refractivity (Wildman–Crippen MR) is 79.7 cm³/mol. The lowest BCUT2D eigenvalue weighted by Crippen LogP contribution is -2.34. The number of halogens is 1. The van der Waals surface area contributed by atoms with Crippen molar-refractivity contribution in [2.45, 2.75) is 32.4 Å². The predicted octanol–water partition coefficient (Wildman–Crippen LogP) is 3.64. The summed E-state index contributed by atoms with van der Waals surface area (Å²) in [6, 6.07) is 2.80. The Morgan fingerprint density at radius 3 is 3.05 bits per heavy atom. The van der Waals surface area contributed by atoms with Gasteiger partial charge in [-0.25, -0.2) is 4.98 Å². The SMILES string of the molecule is CCC1c2ccsc2CCN1Cc1ncc(Cl)n1C. The molecule has 0 saturated heterocycles. The van der Waals surface area contributed by atoms with E-state index in [2.05, 4.69) is 28.3 Å². The molecule has 1 aliphatic heterocycles. The lowest BCUT2D eigenvalue weighted by Gasteiger charge is -2.35. The van der Waals surface area contributed by atoms with Gasteiger partial charge in [0.1, 0.15) is 11.0 Å². The average Bonchev–Trinajstić information content (AvgIpc) is 3.00. The van der Waals surface area contributed by atoms with Gasteiger partial charge < -0.3 is 4.57 Å². The second-order valence-electron chi connectivity index (χ2n) is 5.00. The molecule has 0 radical (unpaired) electrons. The Labute approximate surface area is 122 Å². The maximum atomic E-state index is 6.06. The summed E-state index contributed by atoms with van der Waals surface area (Å²) in [6.07, 6.45) is 4.03. The molecule has 0 saturated carbocycles. The molecule has 5 heteroatoms. The van der Waals surface area contributed by atoms with Crippen molar-refractivity contribution in [3.8, 4) is 0 Å². The Kier molecular flexibility index (Phi) is 3.65. The highest BCUT2D eigenvalue weighted by molar-refractivity contribution is 7.10. The minimum Gasteiger partial charge on any atom is -0.321 e. The van der Waals surface area contributed by atoms with Gasteiger partial charge in [0.15, 0.2) is 0 Å². The van der Waals surface area contributed by atoms with E-state index >= 15 is 0 Å². The van der Waals surface area contributed by atoms with Gasteiger partial charge >= 0.3 is 0 Å². The fourth-order valence-electron chi connectivity index (χ4n) is 2.87. The first-order valence-corrected chi connectivity index (χ1v) is 7.93. The lowest BCUT2D eigenvalue weighted by molar-refractivity contribution is 0.167. The minimum atomic E-state index is 0.519. The molecule has 0 aromatic carbocycles. The minimum absolute atomic E-state index is 0.519. The Bertz CT molecular complexity index is 575. The number of thiophene rings is 1. The van der Waals surface area contributed by atoms with E-state index in [9.17, 15) is 0 Å². The number of hydrogen-bond acceptors (Lipinski definition) is 3. The normalized spacial score (nSPS) is 19.6. The third kappa shape index (κ3) is 2.33. The fourth-order valence-corrected chi connectivity index (χ4v) is 3.94. The zero-order valence-corrected chi connectivity index (χ0v) is 12.8. The molecule has 2 aromatic rings. The highest BCUT2D eigenvalue weighted by Gasteiger charge is 2.27. The highest BCUT2D eigenvalue weighted by Crippen LogP contribution is 2.35. The van der Waals surface area contributed by atoms with Gasteiger partial charge in [-0.3, -0.25) is 4.90 Å². The Morgan fingerprint density at radius 1 is 1.53 bits per heavy atom. The van der Waals surface area contributed by atoms with Crippen molar-refractivity contribution in [3.05, 3.63) is 39.1 Å². The van der Waals surface area contributed by atoms with Crippen molar-refractivity contribution in [1.29, 1.82) is 0 Å². The van der Waals surface area contributed by atoms with Crippen molar-refractivity contribution < 1.29 is 0 Å². The Morgan fingerprint density at radius 2 is 2.37 bits per heavy atom. The maximum Gasteiger partial charge on any atom is 0.128 e. The average molecular weight is 296 g/mol. The molecular weight excluding hydrogens is 278 g/mol. The number of nitrogens with zero attached hydrogens (tertiary/aromatic N) is 3. The van der Waals surface area contributed by atoms with E-state index in [-0.39, 0.29) is 0 Å².